The van der Waals surface area contributed by atoms with Gasteiger partial charge in [0.1, 0.15) is 17.6 Å². The quantitative estimate of drug-likeness (QED) is 0.368. The number of aromatic nitrogens is 2. The number of benzene rings is 2. The van der Waals surface area contributed by atoms with Gasteiger partial charge in [0.2, 0.25) is 17.7 Å². The normalized spacial score (nSPS) is 20.1. The molecule has 4 aromatic rings. The van der Waals surface area contributed by atoms with Crippen molar-refractivity contribution in [1.29, 1.82) is 0 Å². The first-order chi connectivity index (χ1) is 18.8. The lowest BCUT2D eigenvalue weighted by atomic mass is 9.84. The van der Waals surface area contributed by atoms with Gasteiger partial charge in [-0.1, -0.05) is 47.4 Å². The summed E-state index contributed by atoms with van der Waals surface area (Å²) in [6.45, 7) is 1.63. The first-order valence-corrected chi connectivity index (χ1v) is 13.8. The van der Waals surface area contributed by atoms with E-state index in [1.807, 2.05) is 31.2 Å². The second-order valence-electron chi connectivity index (χ2n) is 9.30. The topological polar surface area (TPSA) is 101 Å². The van der Waals surface area contributed by atoms with Crippen LogP contribution in [0.3, 0.4) is 0 Å². The van der Waals surface area contributed by atoms with Gasteiger partial charge in [-0.05, 0) is 54.4 Å². The average molecular weight is 561 g/mol. The third-order valence-corrected chi connectivity index (χ3v) is 9.50. The number of aryl methyl sites for hydroxylation is 1. The summed E-state index contributed by atoms with van der Waals surface area (Å²) in [6, 6.07) is 16.1. The number of rotatable bonds is 5. The molecule has 3 atom stereocenters. The number of amides is 3. The maximum absolute atomic E-state index is 13.8. The monoisotopic (exact) mass is 560 g/mol. The fraction of sp³-hybridized carbons (Fsp3) is 0.179. The molecule has 4 heterocycles. The van der Waals surface area contributed by atoms with E-state index in [0.717, 1.165) is 33.6 Å². The van der Waals surface area contributed by atoms with Crippen molar-refractivity contribution in [2.75, 3.05) is 10.2 Å². The molecule has 0 spiro atoms. The summed E-state index contributed by atoms with van der Waals surface area (Å²) >= 11 is 2.09. The van der Waals surface area contributed by atoms with Gasteiger partial charge in [-0.15, -0.1) is 0 Å². The summed E-state index contributed by atoms with van der Waals surface area (Å²) in [6.07, 6.45) is 3.23. The number of hydrogen-bond acceptors (Lipinski definition) is 7. The molecule has 39 heavy (non-hydrogen) atoms. The fourth-order valence-corrected chi connectivity index (χ4v) is 7.84. The van der Waals surface area contributed by atoms with Crippen LogP contribution in [0.2, 0.25) is 0 Å². The van der Waals surface area contributed by atoms with Gasteiger partial charge in [0.05, 0.1) is 16.6 Å². The molecule has 0 bridgehead atoms. The molecule has 6 rings (SSSR count). The zero-order chi connectivity index (χ0) is 27.3. The van der Waals surface area contributed by atoms with Gasteiger partial charge in [-0.3, -0.25) is 28.7 Å². The van der Waals surface area contributed by atoms with Crippen LogP contribution in [0.5, 0.6) is 0 Å². The molecule has 0 radical (unpaired) electrons. The molecule has 0 saturated carbocycles. The standard InChI is InChI=1S/C28H21FN4O4S2/c1-15-5-2-3-7-19(15)31-20(34)14-32-27-24(39-28(32)37)21(16-6-4-12-30-13-16)22-23(38-27)26(36)33(25(22)35)18-10-8-17(29)9-11-18/h2-13,21-23H,14H2,1H3,(H,31,34)/t21-,22-,23+/m0/s1. The molecule has 0 unspecified atom stereocenters. The summed E-state index contributed by atoms with van der Waals surface area (Å²) in [4.78, 5) is 59.2. The number of thiazole rings is 1. The van der Waals surface area contributed by atoms with Crippen LogP contribution in [0.25, 0.3) is 0 Å². The van der Waals surface area contributed by atoms with E-state index in [4.69, 9.17) is 0 Å². The maximum Gasteiger partial charge on any atom is 0.308 e. The summed E-state index contributed by atoms with van der Waals surface area (Å²) in [5, 5.41) is 2.50. The van der Waals surface area contributed by atoms with E-state index in [9.17, 15) is 23.6 Å². The van der Waals surface area contributed by atoms with Gasteiger partial charge >= 0.3 is 4.87 Å². The first-order valence-electron chi connectivity index (χ1n) is 12.1. The molecule has 2 aromatic heterocycles. The van der Waals surface area contributed by atoms with Crippen molar-refractivity contribution in [3.8, 4) is 0 Å². The molecule has 1 saturated heterocycles. The minimum absolute atomic E-state index is 0.243. The zero-order valence-electron chi connectivity index (χ0n) is 20.5. The van der Waals surface area contributed by atoms with Gasteiger partial charge in [-0.25, -0.2) is 9.29 Å². The number of thioether (sulfide) groups is 1. The maximum atomic E-state index is 13.8. The molecule has 8 nitrogen and oxygen atoms in total. The Morgan fingerprint density at radius 3 is 2.51 bits per heavy atom. The summed E-state index contributed by atoms with van der Waals surface area (Å²) in [7, 11) is 0. The number of hydrogen-bond donors (Lipinski definition) is 1. The average Bonchev–Trinajstić information content (AvgIpc) is 3.37. The fourth-order valence-electron chi connectivity index (χ4n) is 5.07. The van der Waals surface area contributed by atoms with Crippen molar-refractivity contribution >= 4 is 52.2 Å². The lowest BCUT2D eigenvalue weighted by Gasteiger charge is -2.30. The van der Waals surface area contributed by atoms with Crippen molar-refractivity contribution in [3.05, 3.63) is 105 Å². The van der Waals surface area contributed by atoms with Crippen LogP contribution in [-0.2, 0) is 20.9 Å². The number of nitrogens with one attached hydrogen (secondary N) is 1. The van der Waals surface area contributed by atoms with E-state index in [1.165, 1.54) is 28.8 Å². The van der Waals surface area contributed by atoms with Crippen LogP contribution in [0.15, 0.2) is 82.9 Å². The molecule has 3 amide bonds. The molecule has 2 aliphatic rings. The number of imide groups is 1. The lowest BCUT2D eigenvalue weighted by molar-refractivity contribution is -0.122. The number of nitrogens with zero attached hydrogens (tertiary/aromatic N) is 3. The van der Waals surface area contributed by atoms with Crippen LogP contribution in [-0.4, -0.2) is 32.5 Å². The molecule has 11 heteroatoms. The van der Waals surface area contributed by atoms with Gasteiger partial charge in [0, 0.05) is 28.9 Å². The van der Waals surface area contributed by atoms with E-state index in [1.54, 1.807) is 24.5 Å². The predicted octanol–water partition coefficient (Wildman–Crippen LogP) is 4.19. The smallest absolute Gasteiger partial charge is 0.308 e. The Bertz CT molecular complexity index is 1670. The number of anilines is 2. The van der Waals surface area contributed by atoms with Crippen molar-refractivity contribution in [3.63, 3.8) is 0 Å². The van der Waals surface area contributed by atoms with Crippen molar-refractivity contribution in [2.24, 2.45) is 5.92 Å². The van der Waals surface area contributed by atoms with E-state index < -0.39 is 34.7 Å². The molecular formula is C28H21FN4O4S2. The molecule has 2 aromatic carbocycles. The molecule has 0 aliphatic carbocycles. The van der Waals surface area contributed by atoms with Crippen LogP contribution in [0.1, 0.15) is 21.9 Å². The van der Waals surface area contributed by atoms with Crippen LogP contribution >= 0.6 is 23.1 Å². The SMILES string of the molecule is Cc1ccccc1NC(=O)Cn1c2c(sc1=O)[C@@H](c1cccnc1)[C@@H]1C(=O)N(c3ccc(F)cc3)C(=O)[C@@H]1S2. The molecular weight excluding hydrogens is 539 g/mol. The number of pyridine rings is 1. The van der Waals surface area contributed by atoms with Gasteiger partial charge in [0.15, 0.2) is 0 Å². The Morgan fingerprint density at radius 1 is 1.03 bits per heavy atom. The third kappa shape index (κ3) is 4.37. The number of carbonyl (C=O) groups is 3. The van der Waals surface area contributed by atoms with Gasteiger partial charge < -0.3 is 5.32 Å². The van der Waals surface area contributed by atoms with Crippen molar-refractivity contribution in [1.82, 2.24) is 9.55 Å². The van der Waals surface area contributed by atoms with E-state index in [2.05, 4.69) is 10.3 Å². The Hall–Kier alpha value is -4.09. The molecule has 1 N–H and O–H groups in total. The van der Waals surface area contributed by atoms with E-state index in [-0.39, 0.29) is 23.0 Å². The van der Waals surface area contributed by atoms with Gasteiger partial charge in [0.25, 0.3) is 0 Å². The second kappa shape index (κ2) is 9.90. The third-order valence-electron chi connectivity index (χ3n) is 6.90. The Balaban J connectivity index is 1.40. The molecule has 196 valence electrons. The largest absolute Gasteiger partial charge is 0.324 e. The van der Waals surface area contributed by atoms with Crippen LogP contribution in [0, 0.1) is 18.7 Å². The number of halogens is 1. The summed E-state index contributed by atoms with van der Waals surface area (Å²) in [5.41, 5.74) is 2.50. The zero-order valence-corrected chi connectivity index (χ0v) is 22.2. The highest BCUT2D eigenvalue weighted by atomic mass is 32.2. The Kier molecular flexibility index (Phi) is 6.40. The minimum Gasteiger partial charge on any atom is -0.324 e. The van der Waals surface area contributed by atoms with Crippen LogP contribution in [0.4, 0.5) is 15.8 Å². The highest BCUT2D eigenvalue weighted by molar-refractivity contribution is 8.00. The number of para-hydroxylation sites is 1. The summed E-state index contributed by atoms with van der Waals surface area (Å²) in [5.74, 6) is -3.14. The number of carbonyl (C=O) groups excluding carboxylic acids is 3. The highest BCUT2D eigenvalue weighted by Gasteiger charge is 2.56. The highest BCUT2D eigenvalue weighted by Crippen LogP contribution is 2.53. The predicted molar refractivity (Wildman–Crippen MR) is 146 cm³/mol. The first kappa shape index (κ1) is 25.2. The Labute approximate surface area is 230 Å². The molecule has 1 fully saturated rings. The van der Waals surface area contributed by atoms with Gasteiger partial charge in [-0.2, -0.15) is 0 Å². The minimum atomic E-state index is -0.833. The summed E-state index contributed by atoms with van der Waals surface area (Å²) < 4.78 is 14.9. The number of fused-ring (bicyclic) bond motifs is 2. The van der Waals surface area contributed by atoms with Crippen LogP contribution < -0.4 is 15.1 Å². The lowest BCUT2D eigenvalue weighted by Crippen LogP contribution is -2.33. The molecule has 2 aliphatic heterocycles. The van der Waals surface area contributed by atoms with E-state index in [0.29, 0.717) is 21.2 Å². The van der Waals surface area contributed by atoms with Crippen molar-refractivity contribution in [2.45, 2.75) is 29.7 Å². The second-order valence-corrected chi connectivity index (χ2v) is 11.4. The Morgan fingerprint density at radius 2 is 1.79 bits per heavy atom. The van der Waals surface area contributed by atoms with E-state index >= 15 is 0 Å². The van der Waals surface area contributed by atoms with Crippen molar-refractivity contribution < 1.29 is 18.8 Å².